The average Bonchev–Trinajstić information content (AvgIpc) is 2.37. The fraction of sp³-hybridized carbons (Fsp3) is 0.118. The molecule has 20 heavy (non-hydrogen) atoms. The van der Waals surface area contributed by atoms with E-state index in [1.807, 2.05) is 18.2 Å². The lowest BCUT2D eigenvalue weighted by Gasteiger charge is -2.09. The molecule has 1 heterocycles. The number of hydrogen-bond donors (Lipinski definition) is 1. The van der Waals surface area contributed by atoms with Gasteiger partial charge in [-0.3, -0.25) is 4.79 Å². The average molecular weight is 328 g/mol. The largest absolute Gasteiger partial charge is 0.322 e. The molecule has 1 N–H and O–H groups in total. The van der Waals surface area contributed by atoms with Crippen molar-refractivity contribution in [3.63, 3.8) is 0 Å². The van der Waals surface area contributed by atoms with Crippen molar-refractivity contribution in [2.75, 3.05) is 0 Å². The molecule has 2 aromatic carbocycles. The maximum atomic E-state index is 11.9. The van der Waals surface area contributed by atoms with Gasteiger partial charge in [-0.25, -0.2) is 0 Å². The van der Waals surface area contributed by atoms with Gasteiger partial charge in [0.05, 0.1) is 0 Å². The summed E-state index contributed by atoms with van der Waals surface area (Å²) in [7, 11) is 0. The first-order valence-corrected chi connectivity index (χ1v) is 7.23. The standard InChI is InChI=1S/C17H14BrNO/c1-10-5-11(2)7-12(6-10)14-9-17(20)19-16-4-3-13(18)8-15(14)16/h3-9H,1-2H3,(H,19,20). The van der Waals surface area contributed by atoms with Gasteiger partial charge in [0.2, 0.25) is 5.56 Å². The molecule has 0 amide bonds. The van der Waals surface area contributed by atoms with Crippen LogP contribution in [0.4, 0.5) is 0 Å². The SMILES string of the molecule is Cc1cc(C)cc(-c2cc(=O)[nH]c3ccc(Br)cc23)c1. The lowest BCUT2D eigenvalue weighted by atomic mass is 9.98. The molecule has 0 atom stereocenters. The third kappa shape index (κ3) is 2.41. The maximum absolute atomic E-state index is 11.9. The molecule has 0 fully saturated rings. The van der Waals surface area contributed by atoms with Crippen LogP contribution >= 0.6 is 15.9 Å². The maximum Gasteiger partial charge on any atom is 0.249 e. The first-order chi connectivity index (χ1) is 9.52. The molecule has 2 nitrogen and oxygen atoms in total. The molecule has 0 aliphatic rings. The van der Waals surface area contributed by atoms with Crippen molar-refractivity contribution < 1.29 is 0 Å². The van der Waals surface area contributed by atoms with Crippen LogP contribution in [-0.2, 0) is 0 Å². The van der Waals surface area contributed by atoms with Gasteiger partial charge in [-0.15, -0.1) is 0 Å². The fourth-order valence-electron chi connectivity index (χ4n) is 2.59. The number of H-pyrrole nitrogens is 1. The minimum absolute atomic E-state index is 0.0750. The highest BCUT2D eigenvalue weighted by Gasteiger charge is 2.07. The number of aryl methyl sites for hydroxylation is 2. The van der Waals surface area contributed by atoms with Gasteiger partial charge in [0.15, 0.2) is 0 Å². The molecule has 3 rings (SSSR count). The Morgan fingerprint density at radius 1 is 0.950 bits per heavy atom. The molecule has 3 heteroatoms. The number of pyridine rings is 1. The summed E-state index contributed by atoms with van der Waals surface area (Å²) in [5.74, 6) is 0. The predicted molar refractivity (Wildman–Crippen MR) is 87.2 cm³/mol. The normalized spacial score (nSPS) is 10.9. The zero-order valence-electron chi connectivity index (χ0n) is 11.3. The summed E-state index contributed by atoms with van der Waals surface area (Å²) in [5.41, 5.74) is 5.23. The Hall–Kier alpha value is -1.87. The van der Waals surface area contributed by atoms with Crippen molar-refractivity contribution >= 4 is 26.8 Å². The number of nitrogens with one attached hydrogen (secondary N) is 1. The van der Waals surface area contributed by atoms with E-state index < -0.39 is 0 Å². The zero-order valence-corrected chi connectivity index (χ0v) is 12.9. The van der Waals surface area contributed by atoms with Crippen molar-refractivity contribution in [3.8, 4) is 11.1 Å². The van der Waals surface area contributed by atoms with Crippen LogP contribution in [0.3, 0.4) is 0 Å². The Bertz CT molecular complexity index is 844. The van der Waals surface area contributed by atoms with Crippen LogP contribution < -0.4 is 5.56 Å². The Labute approximate surface area is 125 Å². The van der Waals surface area contributed by atoms with Gasteiger partial charge < -0.3 is 4.98 Å². The lowest BCUT2D eigenvalue weighted by Crippen LogP contribution is -2.04. The second-order valence-electron chi connectivity index (χ2n) is 5.11. The highest BCUT2D eigenvalue weighted by Crippen LogP contribution is 2.29. The summed E-state index contributed by atoms with van der Waals surface area (Å²) < 4.78 is 1.00. The molecular weight excluding hydrogens is 314 g/mol. The summed E-state index contributed by atoms with van der Waals surface area (Å²) in [5, 5.41) is 1.05. The van der Waals surface area contributed by atoms with Crippen molar-refractivity contribution in [3.05, 3.63) is 68.4 Å². The fourth-order valence-corrected chi connectivity index (χ4v) is 2.96. The van der Waals surface area contributed by atoms with E-state index >= 15 is 0 Å². The van der Waals surface area contributed by atoms with Gasteiger partial charge in [-0.05, 0) is 43.2 Å². The van der Waals surface area contributed by atoms with Gasteiger partial charge in [0, 0.05) is 21.4 Å². The summed E-state index contributed by atoms with van der Waals surface area (Å²) in [4.78, 5) is 14.7. The van der Waals surface area contributed by atoms with Crippen LogP contribution in [0.5, 0.6) is 0 Å². The zero-order chi connectivity index (χ0) is 14.3. The summed E-state index contributed by atoms with van der Waals surface area (Å²) >= 11 is 3.49. The highest BCUT2D eigenvalue weighted by atomic mass is 79.9. The van der Waals surface area contributed by atoms with Crippen molar-refractivity contribution in [1.82, 2.24) is 4.98 Å². The van der Waals surface area contributed by atoms with Gasteiger partial charge in [0.1, 0.15) is 0 Å². The van der Waals surface area contributed by atoms with E-state index in [4.69, 9.17) is 0 Å². The van der Waals surface area contributed by atoms with E-state index in [2.05, 4.69) is 53.0 Å². The van der Waals surface area contributed by atoms with Crippen molar-refractivity contribution in [2.24, 2.45) is 0 Å². The molecule has 0 bridgehead atoms. The molecule has 0 saturated heterocycles. The van der Waals surface area contributed by atoms with Gasteiger partial charge >= 0.3 is 0 Å². The molecule has 0 aliphatic carbocycles. The van der Waals surface area contributed by atoms with Crippen LogP contribution in [-0.4, -0.2) is 4.98 Å². The number of aromatic nitrogens is 1. The predicted octanol–water partition coefficient (Wildman–Crippen LogP) is 4.57. The molecule has 0 unspecified atom stereocenters. The lowest BCUT2D eigenvalue weighted by molar-refractivity contribution is 1.30. The Kier molecular flexibility index (Phi) is 3.22. The second-order valence-corrected chi connectivity index (χ2v) is 6.03. The number of fused-ring (bicyclic) bond motifs is 1. The van der Waals surface area contributed by atoms with E-state index in [1.165, 1.54) is 11.1 Å². The molecular formula is C17H14BrNO. The third-order valence-corrected chi connectivity index (χ3v) is 3.83. The number of benzene rings is 2. The van der Waals surface area contributed by atoms with Crippen LogP contribution in [0.25, 0.3) is 22.0 Å². The van der Waals surface area contributed by atoms with E-state index in [9.17, 15) is 4.79 Å². The molecule has 100 valence electrons. The minimum atomic E-state index is -0.0750. The third-order valence-electron chi connectivity index (χ3n) is 3.34. The highest BCUT2D eigenvalue weighted by molar-refractivity contribution is 9.10. The van der Waals surface area contributed by atoms with Crippen molar-refractivity contribution in [2.45, 2.75) is 13.8 Å². The number of hydrogen-bond acceptors (Lipinski definition) is 1. The van der Waals surface area contributed by atoms with Gasteiger partial charge in [-0.1, -0.05) is 45.3 Å². The number of halogens is 1. The van der Waals surface area contributed by atoms with Crippen LogP contribution in [0, 0.1) is 13.8 Å². The Balaban J connectivity index is 2.40. The molecule has 3 aromatic rings. The van der Waals surface area contributed by atoms with E-state index in [1.54, 1.807) is 6.07 Å². The number of aromatic amines is 1. The quantitative estimate of drug-likeness (QED) is 0.697. The Morgan fingerprint density at radius 3 is 2.35 bits per heavy atom. The van der Waals surface area contributed by atoms with E-state index in [-0.39, 0.29) is 5.56 Å². The topological polar surface area (TPSA) is 32.9 Å². The van der Waals surface area contributed by atoms with Crippen LogP contribution in [0.2, 0.25) is 0 Å². The summed E-state index contributed by atoms with van der Waals surface area (Å²) in [6.45, 7) is 4.14. The molecule has 0 spiro atoms. The van der Waals surface area contributed by atoms with Crippen molar-refractivity contribution in [1.29, 1.82) is 0 Å². The first kappa shape index (κ1) is 13.1. The molecule has 0 aliphatic heterocycles. The summed E-state index contributed by atoms with van der Waals surface area (Å²) in [6, 6.07) is 13.9. The molecule has 0 radical (unpaired) electrons. The molecule has 0 saturated carbocycles. The van der Waals surface area contributed by atoms with E-state index in [0.29, 0.717) is 0 Å². The van der Waals surface area contributed by atoms with Gasteiger partial charge in [-0.2, -0.15) is 0 Å². The smallest absolute Gasteiger partial charge is 0.249 e. The summed E-state index contributed by atoms with van der Waals surface area (Å²) in [6.07, 6.45) is 0. The van der Waals surface area contributed by atoms with Crippen LogP contribution in [0.15, 0.2) is 51.7 Å². The number of rotatable bonds is 1. The second kappa shape index (κ2) is 4.91. The molecule has 1 aromatic heterocycles. The monoisotopic (exact) mass is 327 g/mol. The van der Waals surface area contributed by atoms with Gasteiger partial charge in [0.25, 0.3) is 0 Å². The van der Waals surface area contributed by atoms with E-state index in [0.717, 1.165) is 26.5 Å². The van der Waals surface area contributed by atoms with Crippen LogP contribution in [0.1, 0.15) is 11.1 Å². The Morgan fingerprint density at radius 2 is 1.65 bits per heavy atom. The minimum Gasteiger partial charge on any atom is -0.322 e. The first-order valence-electron chi connectivity index (χ1n) is 6.44.